The van der Waals surface area contributed by atoms with Crippen molar-refractivity contribution in [2.45, 2.75) is 29.7 Å². The highest BCUT2D eigenvalue weighted by Gasteiger charge is 2.58. The van der Waals surface area contributed by atoms with Gasteiger partial charge in [-0.25, -0.2) is 8.42 Å². The third-order valence-corrected chi connectivity index (χ3v) is 7.60. The second-order valence-corrected chi connectivity index (χ2v) is 9.64. The van der Waals surface area contributed by atoms with Crippen LogP contribution in [0.15, 0.2) is 29.2 Å². The van der Waals surface area contributed by atoms with Crippen molar-refractivity contribution in [2.75, 3.05) is 40.3 Å². The Morgan fingerprint density at radius 3 is 2.68 bits per heavy atom. The SMILES string of the molecule is CN(C)CC(=O)N1CCC2(C1)c1ccccc1S(=O)(=O)N2CC1CC1. The lowest BCUT2D eigenvalue weighted by atomic mass is 9.88. The molecule has 6 nitrogen and oxygen atoms in total. The third kappa shape index (κ3) is 2.69. The maximum absolute atomic E-state index is 13.2. The lowest BCUT2D eigenvalue weighted by Gasteiger charge is -2.34. The molecule has 1 spiro atoms. The molecule has 1 aromatic carbocycles. The van der Waals surface area contributed by atoms with Gasteiger partial charge in [0.05, 0.1) is 17.0 Å². The minimum atomic E-state index is -3.48. The van der Waals surface area contributed by atoms with E-state index in [1.165, 1.54) is 0 Å². The van der Waals surface area contributed by atoms with Crippen LogP contribution >= 0.6 is 0 Å². The topological polar surface area (TPSA) is 60.9 Å². The first-order valence-electron chi connectivity index (χ1n) is 8.89. The Morgan fingerprint density at radius 2 is 2.00 bits per heavy atom. The predicted octanol–water partition coefficient (Wildman–Crippen LogP) is 1.09. The van der Waals surface area contributed by atoms with Gasteiger partial charge in [-0.1, -0.05) is 18.2 Å². The molecule has 1 unspecified atom stereocenters. The number of hydrogen-bond acceptors (Lipinski definition) is 4. The number of carbonyl (C=O) groups excluding carboxylic acids is 1. The number of likely N-dealkylation sites (N-methyl/N-ethyl adjacent to an activating group) is 1. The summed E-state index contributed by atoms with van der Waals surface area (Å²) in [6.45, 7) is 2.00. The van der Waals surface area contributed by atoms with Crippen molar-refractivity contribution >= 4 is 15.9 Å². The predicted molar refractivity (Wildman–Crippen MR) is 94.5 cm³/mol. The number of rotatable bonds is 4. The van der Waals surface area contributed by atoms with Gasteiger partial charge < -0.3 is 9.80 Å². The molecule has 2 heterocycles. The Morgan fingerprint density at radius 1 is 1.28 bits per heavy atom. The van der Waals surface area contributed by atoms with Gasteiger partial charge in [0.1, 0.15) is 0 Å². The number of hydrogen-bond donors (Lipinski definition) is 0. The summed E-state index contributed by atoms with van der Waals surface area (Å²) < 4.78 is 28.1. The molecule has 3 aliphatic rings. The largest absolute Gasteiger partial charge is 0.339 e. The smallest absolute Gasteiger partial charge is 0.244 e. The van der Waals surface area contributed by atoms with Crippen LogP contribution in [0.3, 0.4) is 0 Å². The van der Waals surface area contributed by atoms with Crippen LogP contribution in [0.25, 0.3) is 0 Å². The van der Waals surface area contributed by atoms with Gasteiger partial charge in [0.2, 0.25) is 15.9 Å². The summed E-state index contributed by atoms with van der Waals surface area (Å²) in [7, 11) is 0.266. The zero-order valence-corrected chi connectivity index (χ0v) is 15.6. The van der Waals surface area contributed by atoms with Crippen LogP contribution in [0.4, 0.5) is 0 Å². The fraction of sp³-hybridized carbons (Fsp3) is 0.611. The molecule has 2 aliphatic heterocycles. The van der Waals surface area contributed by atoms with Crippen molar-refractivity contribution in [1.29, 1.82) is 0 Å². The van der Waals surface area contributed by atoms with Crippen LogP contribution in [0, 0.1) is 5.92 Å². The average molecular weight is 363 g/mol. The Kier molecular flexibility index (Phi) is 3.94. The van der Waals surface area contributed by atoms with Crippen LogP contribution in [0.1, 0.15) is 24.8 Å². The van der Waals surface area contributed by atoms with Crippen molar-refractivity contribution < 1.29 is 13.2 Å². The average Bonchev–Trinajstić information content (AvgIpc) is 3.24. The second-order valence-electron chi connectivity index (χ2n) is 7.81. The van der Waals surface area contributed by atoms with E-state index in [0.717, 1.165) is 18.4 Å². The summed E-state index contributed by atoms with van der Waals surface area (Å²) in [6.07, 6.45) is 2.87. The second kappa shape index (κ2) is 5.79. The molecule has 1 saturated heterocycles. The van der Waals surface area contributed by atoms with E-state index in [9.17, 15) is 13.2 Å². The molecule has 1 saturated carbocycles. The standard InChI is InChI=1S/C18H25N3O3S/c1-19(2)12-17(22)20-10-9-18(13-20)15-5-3-4-6-16(15)25(23,24)21(18)11-14-7-8-14/h3-6,14H,7-13H2,1-2H3. The highest BCUT2D eigenvalue weighted by atomic mass is 32.2. The molecule has 1 amide bonds. The number of benzene rings is 1. The summed E-state index contributed by atoms with van der Waals surface area (Å²) >= 11 is 0. The quantitative estimate of drug-likeness (QED) is 0.803. The van der Waals surface area contributed by atoms with E-state index >= 15 is 0 Å². The van der Waals surface area contributed by atoms with Crippen LogP contribution in [0.5, 0.6) is 0 Å². The maximum atomic E-state index is 13.2. The number of carbonyl (C=O) groups is 1. The van der Waals surface area contributed by atoms with Crippen molar-refractivity contribution in [1.82, 2.24) is 14.1 Å². The zero-order chi connectivity index (χ0) is 17.8. The number of amides is 1. The summed E-state index contributed by atoms with van der Waals surface area (Å²) in [5.74, 6) is 0.530. The van der Waals surface area contributed by atoms with Gasteiger partial charge in [0.15, 0.2) is 0 Å². The van der Waals surface area contributed by atoms with Crippen LogP contribution < -0.4 is 0 Å². The maximum Gasteiger partial charge on any atom is 0.244 e. The van der Waals surface area contributed by atoms with Crippen molar-refractivity contribution in [3.8, 4) is 0 Å². The highest BCUT2D eigenvalue weighted by molar-refractivity contribution is 7.89. The lowest BCUT2D eigenvalue weighted by Crippen LogP contribution is -2.48. The van der Waals surface area contributed by atoms with Gasteiger partial charge in [-0.15, -0.1) is 0 Å². The molecule has 0 bridgehead atoms. The number of nitrogens with zero attached hydrogens (tertiary/aromatic N) is 3. The molecule has 4 rings (SSSR count). The van der Waals surface area contributed by atoms with E-state index in [1.807, 2.05) is 36.0 Å². The fourth-order valence-electron chi connectivity index (χ4n) is 4.17. The first-order valence-corrected chi connectivity index (χ1v) is 10.3. The van der Waals surface area contributed by atoms with E-state index in [2.05, 4.69) is 0 Å². The first kappa shape index (κ1) is 17.0. The van der Waals surface area contributed by atoms with Gasteiger partial charge in [-0.3, -0.25) is 4.79 Å². The van der Waals surface area contributed by atoms with Gasteiger partial charge in [0.25, 0.3) is 0 Å². The number of sulfonamides is 1. The van der Waals surface area contributed by atoms with E-state index < -0.39 is 15.6 Å². The van der Waals surface area contributed by atoms with Crippen LogP contribution in [-0.4, -0.2) is 68.7 Å². The normalized spacial score (nSPS) is 28.0. The summed E-state index contributed by atoms with van der Waals surface area (Å²) in [4.78, 5) is 16.6. The lowest BCUT2D eigenvalue weighted by molar-refractivity contribution is -0.131. The van der Waals surface area contributed by atoms with Crippen LogP contribution in [-0.2, 0) is 20.4 Å². The van der Waals surface area contributed by atoms with E-state index in [4.69, 9.17) is 0 Å². The minimum absolute atomic E-state index is 0.0648. The van der Waals surface area contributed by atoms with E-state index in [0.29, 0.717) is 43.4 Å². The molecule has 0 aromatic heterocycles. The molecule has 136 valence electrons. The Balaban J connectivity index is 1.72. The fourth-order valence-corrected chi connectivity index (χ4v) is 6.31. The molecule has 1 aliphatic carbocycles. The van der Waals surface area contributed by atoms with Gasteiger partial charge in [-0.05, 0) is 50.9 Å². The molecule has 2 fully saturated rings. The highest BCUT2D eigenvalue weighted by Crippen LogP contribution is 2.51. The summed E-state index contributed by atoms with van der Waals surface area (Å²) in [6, 6.07) is 7.33. The molecule has 1 aromatic rings. The van der Waals surface area contributed by atoms with Gasteiger partial charge in [-0.2, -0.15) is 4.31 Å². The first-order chi connectivity index (χ1) is 11.8. The van der Waals surface area contributed by atoms with Crippen molar-refractivity contribution in [3.63, 3.8) is 0 Å². The van der Waals surface area contributed by atoms with Crippen LogP contribution in [0.2, 0.25) is 0 Å². The third-order valence-electron chi connectivity index (χ3n) is 5.61. The van der Waals surface area contributed by atoms with Crippen molar-refractivity contribution in [2.24, 2.45) is 5.92 Å². The molecule has 1 atom stereocenters. The molecular formula is C18H25N3O3S. The van der Waals surface area contributed by atoms with E-state index in [1.54, 1.807) is 16.4 Å². The van der Waals surface area contributed by atoms with E-state index in [-0.39, 0.29) is 5.91 Å². The van der Waals surface area contributed by atoms with Gasteiger partial charge >= 0.3 is 0 Å². The summed E-state index contributed by atoms with van der Waals surface area (Å²) in [5, 5.41) is 0. The summed E-state index contributed by atoms with van der Waals surface area (Å²) in [5.41, 5.74) is 0.288. The Labute approximate surface area is 149 Å². The number of likely N-dealkylation sites (tertiary alicyclic amines) is 1. The Bertz CT molecular complexity index is 804. The molecule has 25 heavy (non-hydrogen) atoms. The zero-order valence-electron chi connectivity index (χ0n) is 14.8. The van der Waals surface area contributed by atoms with Gasteiger partial charge in [0, 0.05) is 19.6 Å². The molecule has 7 heteroatoms. The van der Waals surface area contributed by atoms with Crippen molar-refractivity contribution in [3.05, 3.63) is 29.8 Å². The molecule has 0 radical (unpaired) electrons. The molecular weight excluding hydrogens is 338 g/mol. The minimum Gasteiger partial charge on any atom is -0.339 e. The number of fused-ring (bicyclic) bond motifs is 2. The molecule has 0 N–H and O–H groups in total. The monoisotopic (exact) mass is 363 g/mol. The Hall–Kier alpha value is -1.44.